The number of rotatable bonds is 4. The maximum atomic E-state index is 14.0. The molecule has 0 aliphatic rings. The zero-order valence-electron chi connectivity index (χ0n) is 10.4. The molecular formula is C14H14F2N2O. The van der Waals surface area contributed by atoms with Crippen molar-refractivity contribution in [2.45, 2.75) is 12.5 Å². The minimum Gasteiger partial charge on any atom is -0.494 e. The Morgan fingerprint density at radius 3 is 2.79 bits per heavy atom. The Bertz CT molecular complexity index is 575. The predicted molar refractivity (Wildman–Crippen MR) is 67.8 cm³/mol. The second-order valence-electron chi connectivity index (χ2n) is 4.14. The molecule has 19 heavy (non-hydrogen) atoms. The van der Waals surface area contributed by atoms with Crippen LogP contribution in [0.3, 0.4) is 0 Å². The molecule has 1 atom stereocenters. The Morgan fingerprint density at radius 1 is 1.32 bits per heavy atom. The topological polar surface area (TPSA) is 48.1 Å². The maximum absolute atomic E-state index is 14.0. The number of halogens is 2. The third-order valence-corrected chi connectivity index (χ3v) is 2.91. The summed E-state index contributed by atoms with van der Waals surface area (Å²) in [6.45, 7) is 0. The van der Waals surface area contributed by atoms with Crippen molar-refractivity contribution in [1.29, 1.82) is 0 Å². The monoisotopic (exact) mass is 264 g/mol. The van der Waals surface area contributed by atoms with Crippen molar-refractivity contribution in [3.63, 3.8) is 0 Å². The van der Waals surface area contributed by atoms with Gasteiger partial charge in [-0.2, -0.15) is 0 Å². The van der Waals surface area contributed by atoms with E-state index in [9.17, 15) is 8.78 Å². The predicted octanol–water partition coefficient (Wildman–Crippen LogP) is 2.61. The minimum absolute atomic E-state index is 0.153. The van der Waals surface area contributed by atoms with Crippen LogP contribution in [0.25, 0.3) is 0 Å². The van der Waals surface area contributed by atoms with Gasteiger partial charge in [0.05, 0.1) is 13.3 Å². The number of methoxy groups -OCH3 is 1. The van der Waals surface area contributed by atoms with Crippen LogP contribution in [0.2, 0.25) is 0 Å². The molecular weight excluding hydrogens is 250 g/mol. The Balaban J connectivity index is 2.24. The third-order valence-electron chi connectivity index (χ3n) is 2.91. The van der Waals surface area contributed by atoms with Crippen molar-refractivity contribution >= 4 is 0 Å². The molecule has 0 saturated carbocycles. The van der Waals surface area contributed by atoms with Crippen LogP contribution in [-0.4, -0.2) is 12.1 Å². The SMILES string of the molecule is COc1cccc(CC(N)c2ccncc2F)c1F. The largest absolute Gasteiger partial charge is 0.494 e. The molecule has 0 fully saturated rings. The summed E-state index contributed by atoms with van der Waals surface area (Å²) in [6, 6.07) is 5.67. The molecule has 3 nitrogen and oxygen atoms in total. The summed E-state index contributed by atoms with van der Waals surface area (Å²) in [7, 11) is 1.39. The van der Waals surface area contributed by atoms with Gasteiger partial charge >= 0.3 is 0 Å². The molecule has 0 aliphatic carbocycles. The number of hydrogen-bond donors (Lipinski definition) is 1. The van der Waals surface area contributed by atoms with E-state index in [1.165, 1.54) is 25.4 Å². The smallest absolute Gasteiger partial charge is 0.168 e. The average Bonchev–Trinajstić information content (AvgIpc) is 2.41. The maximum Gasteiger partial charge on any atom is 0.168 e. The molecule has 0 spiro atoms. The van der Waals surface area contributed by atoms with Gasteiger partial charge in [0.2, 0.25) is 0 Å². The second-order valence-corrected chi connectivity index (χ2v) is 4.14. The highest BCUT2D eigenvalue weighted by Gasteiger charge is 2.16. The summed E-state index contributed by atoms with van der Waals surface area (Å²) >= 11 is 0. The quantitative estimate of drug-likeness (QED) is 0.923. The Labute approximate surface area is 110 Å². The zero-order valence-corrected chi connectivity index (χ0v) is 10.4. The van der Waals surface area contributed by atoms with Gasteiger partial charge in [-0.05, 0) is 24.1 Å². The fraction of sp³-hybridized carbons (Fsp3) is 0.214. The Morgan fingerprint density at radius 2 is 2.11 bits per heavy atom. The number of nitrogens with two attached hydrogens (primary N) is 1. The van der Waals surface area contributed by atoms with E-state index in [4.69, 9.17) is 10.5 Å². The number of aromatic nitrogens is 1. The lowest BCUT2D eigenvalue weighted by Crippen LogP contribution is -2.16. The molecule has 0 saturated heterocycles. The molecule has 0 bridgehead atoms. The van der Waals surface area contributed by atoms with Gasteiger partial charge in [-0.15, -0.1) is 0 Å². The number of pyridine rings is 1. The van der Waals surface area contributed by atoms with E-state index in [0.717, 1.165) is 6.20 Å². The normalized spacial score (nSPS) is 12.2. The zero-order chi connectivity index (χ0) is 13.8. The molecule has 2 aromatic rings. The first-order valence-electron chi connectivity index (χ1n) is 5.80. The molecule has 1 aromatic heterocycles. The van der Waals surface area contributed by atoms with Gasteiger partial charge in [-0.3, -0.25) is 4.98 Å². The van der Waals surface area contributed by atoms with Crippen molar-refractivity contribution in [2.75, 3.05) is 7.11 Å². The van der Waals surface area contributed by atoms with Gasteiger partial charge in [0.15, 0.2) is 11.6 Å². The summed E-state index contributed by atoms with van der Waals surface area (Å²) in [5.41, 5.74) is 6.62. The molecule has 2 rings (SSSR count). The van der Waals surface area contributed by atoms with Gasteiger partial charge in [0, 0.05) is 17.8 Å². The van der Waals surface area contributed by atoms with E-state index in [1.807, 2.05) is 0 Å². The van der Waals surface area contributed by atoms with E-state index >= 15 is 0 Å². The summed E-state index contributed by atoms with van der Waals surface area (Å²) in [6.07, 6.45) is 2.74. The molecule has 100 valence electrons. The van der Waals surface area contributed by atoms with Crippen molar-refractivity contribution in [2.24, 2.45) is 5.73 Å². The van der Waals surface area contributed by atoms with Gasteiger partial charge in [0.1, 0.15) is 5.82 Å². The van der Waals surface area contributed by atoms with Gasteiger partial charge in [0.25, 0.3) is 0 Å². The lowest BCUT2D eigenvalue weighted by molar-refractivity contribution is 0.383. The molecule has 1 heterocycles. The highest BCUT2D eigenvalue weighted by molar-refractivity contribution is 5.32. The number of nitrogens with zero attached hydrogens (tertiary/aromatic N) is 1. The van der Waals surface area contributed by atoms with Gasteiger partial charge < -0.3 is 10.5 Å². The molecule has 5 heteroatoms. The lowest BCUT2D eigenvalue weighted by atomic mass is 9.99. The van der Waals surface area contributed by atoms with E-state index in [-0.39, 0.29) is 12.2 Å². The number of benzene rings is 1. The minimum atomic E-state index is -0.635. The van der Waals surface area contributed by atoms with Crippen LogP contribution in [0, 0.1) is 11.6 Å². The van der Waals surface area contributed by atoms with Crippen molar-refractivity contribution in [3.8, 4) is 5.75 Å². The molecule has 0 amide bonds. The highest BCUT2D eigenvalue weighted by atomic mass is 19.1. The van der Waals surface area contributed by atoms with Crippen LogP contribution in [0.1, 0.15) is 17.2 Å². The van der Waals surface area contributed by atoms with Crippen LogP contribution in [0.15, 0.2) is 36.7 Å². The fourth-order valence-electron chi connectivity index (χ4n) is 1.91. The summed E-state index contributed by atoms with van der Waals surface area (Å²) < 4.78 is 32.4. The van der Waals surface area contributed by atoms with Gasteiger partial charge in [-0.25, -0.2) is 8.78 Å². The Hall–Kier alpha value is -2.01. The Kier molecular flexibility index (Phi) is 4.06. The lowest BCUT2D eigenvalue weighted by Gasteiger charge is -2.14. The standard InChI is InChI=1S/C14H14F2N2O/c1-19-13-4-2-3-9(14(13)16)7-12(17)10-5-6-18-8-11(10)15/h2-6,8,12H,7,17H2,1H3. The number of hydrogen-bond acceptors (Lipinski definition) is 3. The molecule has 1 aromatic carbocycles. The van der Waals surface area contributed by atoms with Crippen LogP contribution in [-0.2, 0) is 6.42 Å². The van der Waals surface area contributed by atoms with E-state index in [0.29, 0.717) is 11.1 Å². The molecule has 0 aliphatic heterocycles. The van der Waals surface area contributed by atoms with E-state index in [2.05, 4.69) is 4.98 Å². The first-order valence-corrected chi connectivity index (χ1v) is 5.80. The summed E-state index contributed by atoms with van der Waals surface area (Å²) in [5, 5.41) is 0. The first kappa shape index (κ1) is 13.4. The van der Waals surface area contributed by atoms with Crippen LogP contribution in [0.4, 0.5) is 8.78 Å². The van der Waals surface area contributed by atoms with Crippen molar-refractivity contribution < 1.29 is 13.5 Å². The highest BCUT2D eigenvalue weighted by Crippen LogP contribution is 2.24. The summed E-state index contributed by atoms with van der Waals surface area (Å²) in [4.78, 5) is 3.65. The summed E-state index contributed by atoms with van der Waals surface area (Å²) in [5.74, 6) is -0.798. The third kappa shape index (κ3) is 2.88. The van der Waals surface area contributed by atoms with Crippen LogP contribution >= 0.6 is 0 Å². The molecule has 2 N–H and O–H groups in total. The average molecular weight is 264 g/mol. The van der Waals surface area contributed by atoms with Crippen molar-refractivity contribution in [1.82, 2.24) is 4.98 Å². The van der Waals surface area contributed by atoms with Crippen LogP contribution in [0.5, 0.6) is 5.75 Å². The van der Waals surface area contributed by atoms with E-state index < -0.39 is 17.7 Å². The fourth-order valence-corrected chi connectivity index (χ4v) is 1.91. The number of ether oxygens (including phenoxy) is 1. The first-order chi connectivity index (χ1) is 9.13. The second kappa shape index (κ2) is 5.75. The van der Waals surface area contributed by atoms with Crippen molar-refractivity contribution in [3.05, 3.63) is 59.4 Å². The molecule has 0 radical (unpaired) electrons. The van der Waals surface area contributed by atoms with E-state index in [1.54, 1.807) is 12.1 Å². The van der Waals surface area contributed by atoms with Crippen LogP contribution < -0.4 is 10.5 Å². The molecule has 1 unspecified atom stereocenters. The van der Waals surface area contributed by atoms with Gasteiger partial charge in [-0.1, -0.05) is 12.1 Å².